The highest BCUT2D eigenvalue weighted by Crippen LogP contribution is 2.29. The molecular formula is C25H32O4. The van der Waals surface area contributed by atoms with E-state index in [1.54, 1.807) is 24.3 Å². The molecule has 29 heavy (non-hydrogen) atoms. The van der Waals surface area contributed by atoms with Gasteiger partial charge in [-0.2, -0.15) is 0 Å². The molecule has 2 aromatic carbocycles. The van der Waals surface area contributed by atoms with Gasteiger partial charge in [0, 0.05) is 5.92 Å². The zero-order chi connectivity index (χ0) is 21.2. The van der Waals surface area contributed by atoms with Crippen LogP contribution < -0.4 is 0 Å². The Labute approximate surface area is 174 Å². The fourth-order valence-corrected chi connectivity index (χ4v) is 3.62. The van der Waals surface area contributed by atoms with Gasteiger partial charge in [0.1, 0.15) is 12.2 Å². The number of benzene rings is 2. The summed E-state index contributed by atoms with van der Waals surface area (Å²) in [5, 5.41) is 0. The first-order valence-electron chi connectivity index (χ1n) is 10.5. The molecule has 0 heterocycles. The molecule has 0 aliphatic carbocycles. The van der Waals surface area contributed by atoms with Crippen molar-refractivity contribution in [3.8, 4) is 0 Å². The third-order valence-electron chi connectivity index (χ3n) is 5.12. The number of hydrogen-bond acceptors (Lipinski definition) is 4. The number of esters is 2. The van der Waals surface area contributed by atoms with Gasteiger partial charge < -0.3 is 9.47 Å². The van der Waals surface area contributed by atoms with Crippen molar-refractivity contribution in [2.75, 3.05) is 0 Å². The Morgan fingerprint density at radius 2 is 1.28 bits per heavy atom. The standard InChI is InChI=1S/C25H32O4/c1-5-13-22(28-24(26)19-14-9-7-10-15-19)21(6-2)23(18(3)4)29-25(27)20-16-11-8-12-17-20/h7-12,14-18,21-23H,5-6,13H2,1-4H3. The number of carbonyl (C=O) groups excluding carboxylic acids is 2. The van der Waals surface area contributed by atoms with Crippen LogP contribution in [-0.4, -0.2) is 24.1 Å². The van der Waals surface area contributed by atoms with E-state index in [-0.39, 0.29) is 36.0 Å². The number of ether oxygens (including phenoxy) is 2. The molecule has 2 aromatic rings. The Hall–Kier alpha value is -2.62. The molecule has 0 N–H and O–H groups in total. The van der Waals surface area contributed by atoms with Gasteiger partial charge in [-0.1, -0.05) is 70.5 Å². The molecule has 0 aliphatic heterocycles. The summed E-state index contributed by atoms with van der Waals surface area (Å²) in [7, 11) is 0. The maximum atomic E-state index is 12.7. The van der Waals surface area contributed by atoms with Crippen molar-refractivity contribution in [1.82, 2.24) is 0 Å². The quantitative estimate of drug-likeness (QED) is 0.468. The van der Waals surface area contributed by atoms with Crippen molar-refractivity contribution < 1.29 is 19.1 Å². The highest BCUT2D eigenvalue weighted by molar-refractivity contribution is 5.90. The third kappa shape index (κ3) is 6.45. The molecule has 3 unspecified atom stereocenters. The first-order valence-corrected chi connectivity index (χ1v) is 10.5. The minimum absolute atomic E-state index is 0.0738. The smallest absolute Gasteiger partial charge is 0.338 e. The Morgan fingerprint density at radius 3 is 1.69 bits per heavy atom. The summed E-state index contributed by atoms with van der Waals surface area (Å²) < 4.78 is 11.9. The summed E-state index contributed by atoms with van der Waals surface area (Å²) in [5.41, 5.74) is 1.06. The molecular weight excluding hydrogens is 364 g/mol. The molecule has 0 aromatic heterocycles. The zero-order valence-corrected chi connectivity index (χ0v) is 17.8. The average Bonchev–Trinajstić information content (AvgIpc) is 2.74. The summed E-state index contributed by atoms with van der Waals surface area (Å²) >= 11 is 0. The highest BCUT2D eigenvalue weighted by atomic mass is 16.6. The van der Waals surface area contributed by atoms with E-state index in [1.807, 2.05) is 50.2 Å². The van der Waals surface area contributed by atoms with Crippen molar-refractivity contribution in [3.05, 3.63) is 71.8 Å². The number of carbonyl (C=O) groups is 2. The molecule has 4 nitrogen and oxygen atoms in total. The predicted octanol–water partition coefficient (Wildman–Crippen LogP) is 5.92. The first kappa shape index (κ1) is 22.7. The molecule has 3 atom stereocenters. The van der Waals surface area contributed by atoms with Crippen molar-refractivity contribution in [2.45, 2.75) is 59.2 Å². The SMILES string of the molecule is CCCC(OC(=O)c1ccccc1)C(CC)C(OC(=O)c1ccccc1)C(C)C. The lowest BCUT2D eigenvalue weighted by molar-refractivity contribution is -0.0505. The summed E-state index contributed by atoms with van der Waals surface area (Å²) in [6.07, 6.45) is 1.70. The maximum Gasteiger partial charge on any atom is 0.338 e. The van der Waals surface area contributed by atoms with Gasteiger partial charge in [-0.15, -0.1) is 0 Å². The normalized spacial score (nSPS) is 14.1. The van der Waals surface area contributed by atoms with Crippen LogP contribution in [0.4, 0.5) is 0 Å². The Morgan fingerprint density at radius 1 is 0.793 bits per heavy atom. The van der Waals surface area contributed by atoms with Crippen molar-refractivity contribution >= 4 is 11.9 Å². The summed E-state index contributed by atoms with van der Waals surface area (Å²) in [6, 6.07) is 18.0. The highest BCUT2D eigenvalue weighted by Gasteiger charge is 2.35. The minimum atomic E-state index is -0.340. The van der Waals surface area contributed by atoms with Crippen LogP contribution in [0.15, 0.2) is 60.7 Å². The molecule has 0 bridgehead atoms. The Balaban J connectivity index is 2.20. The van der Waals surface area contributed by atoms with Crippen LogP contribution in [0.2, 0.25) is 0 Å². The van der Waals surface area contributed by atoms with Crippen molar-refractivity contribution in [2.24, 2.45) is 11.8 Å². The lowest BCUT2D eigenvalue weighted by Crippen LogP contribution is -2.40. The van der Waals surface area contributed by atoms with Crippen LogP contribution in [0.25, 0.3) is 0 Å². The fraction of sp³-hybridized carbons (Fsp3) is 0.440. The molecule has 156 valence electrons. The fourth-order valence-electron chi connectivity index (χ4n) is 3.62. The average molecular weight is 397 g/mol. The van der Waals surface area contributed by atoms with E-state index in [4.69, 9.17) is 9.47 Å². The van der Waals surface area contributed by atoms with Crippen LogP contribution in [0.3, 0.4) is 0 Å². The Bertz CT molecular complexity index is 755. The molecule has 0 saturated heterocycles. The van der Waals surface area contributed by atoms with E-state index < -0.39 is 0 Å². The van der Waals surface area contributed by atoms with Crippen LogP contribution in [-0.2, 0) is 9.47 Å². The van der Waals surface area contributed by atoms with E-state index in [1.165, 1.54) is 0 Å². The first-order chi connectivity index (χ1) is 14.0. The van der Waals surface area contributed by atoms with Gasteiger partial charge in [-0.3, -0.25) is 0 Å². The molecule has 0 saturated carbocycles. The van der Waals surface area contributed by atoms with Crippen LogP contribution in [0.5, 0.6) is 0 Å². The van der Waals surface area contributed by atoms with E-state index in [9.17, 15) is 9.59 Å². The molecule has 2 rings (SSSR count). The predicted molar refractivity (Wildman–Crippen MR) is 115 cm³/mol. The van der Waals surface area contributed by atoms with Crippen molar-refractivity contribution in [1.29, 1.82) is 0 Å². The summed E-state index contributed by atoms with van der Waals surface area (Å²) in [6.45, 7) is 8.19. The Kier molecular flexibility index (Phi) is 8.91. The van der Waals surface area contributed by atoms with Gasteiger partial charge >= 0.3 is 11.9 Å². The second-order valence-corrected chi connectivity index (χ2v) is 7.65. The van der Waals surface area contributed by atoms with Gasteiger partial charge in [0.05, 0.1) is 11.1 Å². The molecule has 4 heteroatoms. The van der Waals surface area contributed by atoms with Gasteiger partial charge in [0.25, 0.3) is 0 Å². The minimum Gasteiger partial charge on any atom is -0.458 e. The largest absolute Gasteiger partial charge is 0.458 e. The van der Waals surface area contributed by atoms with Crippen LogP contribution in [0.1, 0.15) is 67.7 Å². The van der Waals surface area contributed by atoms with Crippen molar-refractivity contribution in [3.63, 3.8) is 0 Å². The summed E-state index contributed by atoms with van der Waals surface area (Å²) in [5.74, 6) is -0.649. The van der Waals surface area contributed by atoms with Gasteiger partial charge in [0.15, 0.2) is 0 Å². The third-order valence-corrected chi connectivity index (χ3v) is 5.12. The van der Waals surface area contributed by atoms with Gasteiger partial charge in [0.2, 0.25) is 0 Å². The molecule has 0 amide bonds. The van der Waals surface area contributed by atoms with E-state index in [2.05, 4.69) is 13.8 Å². The number of rotatable bonds is 10. The molecule has 0 spiro atoms. The zero-order valence-electron chi connectivity index (χ0n) is 17.8. The van der Waals surface area contributed by atoms with Crippen LogP contribution >= 0.6 is 0 Å². The second kappa shape index (κ2) is 11.4. The molecule has 0 fully saturated rings. The lowest BCUT2D eigenvalue weighted by Gasteiger charge is -2.34. The van der Waals surface area contributed by atoms with Gasteiger partial charge in [-0.05, 0) is 43.0 Å². The lowest BCUT2D eigenvalue weighted by atomic mass is 9.84. The van der Waals surface area contributed by atoms with E-state index in [0.717, 1.165) is 19.3 Å². The van der Waals surface area contributed by atoms with E-state index in [0.29, 0.717) is 11.1 Å². The molecule has 0 radical (unpaired) electrons. The topological polar surface area (TPSA) is 52.6 Å². The van der Waals surface area contributed by atoms with Crippen LogP contribution in [0, 0.1) is 11.8 Å². The monoisotopic (exact) mass is 396 g/mol. The number of hydrogen-bond donors (Lipinski definition) is 0. The second-order valence-electron chi connectivity index (χ2n) is 7.65. The maximum absolute atomic E-state index is 12.7. The van der Waals surface area contributed by atoms with E-state index >= 15 is 0 Å². The summed E-state index contributed by atoms with van der Waals surface area (Å²) in [4.78, 5) is 25.3. The van der Waals surface area contributed by atoms with Gasteiger partial charge in [-0.25, -0.2) is 9.59 Å². The molecule has 0 aliphatic rings.